The Morgan fingerprint density at radius 3 is 1.53 bits per heavy atom. The highest BCUT2D eigenvalue weighted by Gasteiger charge is 2.41. The maximum Gasteiger partial charge on any atom is 0.349 e. The number of amides is 2. The van der Waals surface area contributed by atoms with Crippen molar-refractivity contribution in [1.29, 1.82) is 0 Å². The van der Waals surface area contributed by atoms with E-state index in [1.165, 1.54) is 60.7 Å². The Bertz CT molecular complexity index is 1340. The fraction of sp³-hybridized carbons (Fsp3) is 0.115. The monoisotopic (exact) mass is 558 g/mol. The van der Waals surface area contributed by atoms with Gasteiger partial charge in [0, 0.05) is 15.6 Å². The Morgan fingerprint density at radius 1 is 0.658 bits per heavy atom. The van der Waals surface area contributed by atoms with E-state index in [4.69, 9.17) is 32.7 Å². The Morgan fingerprint density at radius 2 is 1.08 bits per heavy atom. The summed E-state index contributed by atoms with van der Waals surface area (Å²) in [5, 5.41) is 10.4. The molecule has 2 atom stereocenters. The minimum Gasteiger partial charge on any atom is -0.478 e. The minimum absolute atomic E-state index is 0.0657. The third kappa shape index (κ3) is 7.55. The van der Waals surface area contributed by atoms with Crippen LogP contribution in [0.1, 0.15) is 36.6 Å². The van der Waals surface area contributed by atoms with Gasteiger partial charge in [-0.3, -0.25) is 20.4 Å². The minimum atomic E-state index is -2.29. The number of carbonyl (C=O) groups excluding carboxylic acids is 4. The van der Waals surface area contributed by atoms with Gasteiger partial charge in [-0.25, -0.2) is 14.4 Å². The van der Waals surface area contributed by atoms with Crippen LogP contribution in [0.4, 0.5) is 0 Å². The summed E-state index contributed by atoms with van der Waals surface area (Å²) >= 11 is 11.6. The van der Waals surface area contributed by atoms with Gasteiger partial charge in [0.15, 0.2) is 0 Å². The number of carboxylic acid groups (broad SMARTS) is 1. The lowest BCUT2D eigenvalue weighted by Gasteiger charge is -2.23. The van der Waals surface area contributed by atoms with Crippen molar-refractivity contribution in [3.8, 4) is 0 Å². The summed E-state index contributed by atoms with van der Waals surface area (Å²) in [5.74, 6) is -6.03. The molecule has 196 valence electrons. The number of carbonyl (C=O) groups is 5. The number of nitrogens with one attached hydrogen (secondary N) is 2. The third-order valence-electron chi connectivity index (χ3n) is 5.02. The number of halogens is 2. The summed E-state index contributed by atoms with van der Waals surface area (Å²) in [5.41, 5.74) is 5.06. The van der Waals surface area contributed by atoms with Crippen molar-refractivity contribution >= 4 is 52.9 Å². The van der Waals surface area contributed by atoms with Crippen LogP contribution in [0.3, 0.4) is 0 Å². The first-order valence-electron chi connectivity index (χ1n) is 10.9. The first-order chi connectivity index (χ1) is 18.0. The van der Waals surface area contributed by atoms with Gasteiger partial charge < -0.3 is 14.6 Å². The predicted octanol–water partition coefficient (Wildman–Crippen LogP) is 3.60. The maximum absolute atomic E-state index is 13.0. The number of hydrogen-bond donors (Lipinski definition) is 3. The summed E-state index contributed by atoms with van der Waals surface area (Å²) in [6, 6.07) is 17.0. The van der Waals surface area contributed by atoms with Crippen LogP contribution in [0.25, 0.3) is 0 Å². The van der Waals surface area contributed by atoms with Crippen LogP contribution in [0.5, 0.6) is 0 Å². The van der Waals surface area contributed by atoms with Gasteiger partial charge in [-0.15, -0.1) is 0 Å². The fourth-order valence-corrected chi connectivity index (χ4v) is 3.25. The zero-order chi connectivity index (χ0) is 27.8. The summed E-state index contributed by atoms with van der Waals surface area (Å²) in [4.78, 5) is 62.7. The van der Waals surface area contributed by atoms with Gasteiger partial charge in [-0.2, -0.15) is 0 Å². The van der Waals surface area contributed by atoms with Crippen molar-refractivity contribution < 1.29 is 38.6 Å². The summed E-state index contributed by atoms with van der Waals surface area (Å²) < 4.78 is 10.2. The molecule has 0 saturated heterocycles. The fourth-order valence-electron chi connectivity index (χ4n) is 3.00. The predicted molar refractivity (Wildman–Crippen MR) is 136 cm³/mol. The molecule has 0 saturated carbocycles. The van der Waals surface area contributed by atoms with Gasteiger partial charge in [-0.1, -0.05) is 40.9 Å². The Kier molecular flexibility index (Phi) is 9.42. The SMILES string of the molecule is Cc1ccc(C(=O)NNC(=O)[C@@H](OC(=O)c2ccc(Cl)cc2)[C@H](OC(=O)c2ccc(Cl)cc2)C(=O)O)cc1. The molecule has 0 bridgehead atoms. The van der Waals surface area contributed by atoms with E-state index in [1.54, 1.807) is 12.1 Å². The number of carboxylic acids is 1. The molecule has 0 aromatic heterocycles. The maximum atomic E-state index is 13.0. The third-order valence-corrected chi connectivity index (χ3v) is 5.52. The molecule has 0 aliphatic heterocycles. The van der Waals surface area contributed by atoms with Crippen LogP contribution in [0, 0.1) is 6.92 Å². The number of esters is 2. The van der Waals surface area contributed by atoms with Gasteiger partial charge in [0.1, 0.15) is 0 Å². The molecule has 10 nitrogen and oxygen atoms in total. The van der Waals surface area contributed by atoms with E-state index >= 15 is 0 Å². The molecule has 0 fully saturated rings. The highest BCUT2D eigenvalue weighted by Crippen LogP contribution is 2.16. The molecule has 0 radical (unpaired) electrons. The lowest BCUT2D eigenvalue weighted by Crippen LogP contribution is -2.54. The molecule has 38 heavy (non-hydrogen) atoms. The van der Waals surface area contributed by atoms with E-state index < -0.39 is 41.9 Å². The average molecular weight is 559 g/mol. The second-order valence-electron chi connectivity index (χ2n) is 7.81. The molecule has 12 heteroatoms. The largest absolute Gasteiger partial charge is 0.478 e. The molecule has 0 aliphatic rings. The van der Waals surface area contributed by atoms with Gasteiger partial charge in [0.2, 0.25) is 12.2 Å². The number of aliphatic carboxylic acids is 1. The molecular formula is C26H20Cl2N2O8. The number of rotatable bonds is 8. The van der Waals surface area contributed by atoms with Gasteiger partial charge in [0.25, 0.3) is 11.8 Å². The molecule has 0 heterocycles. The first-order valence-corrected chi connectivity index (χ1v) is 11.6. The lowest BCUT2D eigenvalue weighted by molar-refractivity contribution is -0.159. The summed E-state index contributed by atoms with van der Waals surface area (Å²) in [6.45, 7) is 1.82. The van der Waals surface area contributed by atoms with Gasteiger partial charge in [0.05, 0.1) is 11.1 Å². The molecule has 3 aromatic rings. The average Bonchev–Trinajstić information content (AvgIpc) is 2.89. The van der Waals surface area contributed by atoms with E-state index in [-0.39, 0.29) is 16.7 Å². The van der Waals surface area contributed by atoms with Crippen molar-refractivity contribution in [3.05, 3.63) is 105 Å². The second-order valence-corrected chi connectivity index (χ2v) is 8.69. The number of ether oxygens (including phenoxy) is 2. The van der Waals surface area contributed by atoms with E-state index in [2.05, 4.69) is 5.43 Å². The summed E-state index contributed by atoms with van der Waals surface area (Å²) in [6.07, 6.45) is -4.49. The molecule has 0 aliphatic carbocycles. The number of aryl methyl sites for hydroxylation is 1. The quantitative estimate of drug-likeness (QED) is 0.280. The van der Waals surface area contributed by atoms with Crippen molar-refractivity contribution in [3.63, 3.8) is 0 Å². The molecule has 3 aromatic carbocycles. The van der Waals surface area contributed by atoms with E-state index in [0.29, 0.717) is 10.0 Å². The molecule has 3 rings (SSSR count). The Hall–Kier alpha value is -4.41. The Balaban J connectivity index is 1.84. The highest BCUT2D eigenvalue weighted by atomic mass is 35.5. The number of hydrogen-bond acceptors (Lipinski definition) is 7. The number of hydrazine groups is 1. The van der Waals surface area contributed by atoms with Crippen LogP contribution in [-0.2, 0) is 19.1 Å². The van der Waals surface area contributed by atoms with Gasteiger partial charge >= 0.3 is 17.9 Å². The zero-order valence-corrected chi connectivity index (χ0v) is 21.2. The van der Waals surface area contributed by atoms with Crippen LogP contribution in [-0.4, -0.2) is 47.0 Å². The van der Waals surface area contributed by atoms with Crippen molar-refractivity contribution in [2.75, 3.05) is 0 Å². The van der Waals surface area contributed by atoms with Crippen LogP contribution in [0.2, 0.25) is 10.0 Å². The van der Waals surface area contributed by atoms with E-state index in [9.17, 15) is 29.1 Å². The highest BCUT2D eigenvalue weighted by molar-refractivity contribution is 6.31. The van der Waals surface area contributed by atoms with Crippen molar-refractivity contribution in [2.24, 2.45) is 0 Å². The number of benzene rings is 3. The molecule has 3 N–H and O–H groups in total. The van der Waals surface area contributed by atoms with Crippen molar-refractivity contribution in [2.45, 2.75) is 19.1 Å². The lowest BCUT2D eigenvalue weighted by atomic mass is 10.1. The standard InChI is InChI=1S/C26H20Cl2N2O8/c1-14-2-4-15(5-3-14)22(31)29-30-23(32)20(37-25(35)16-6-10-18(27)11-7-16)21(24(33)34)38-26(36)17-8-12-19(28)13-9-17/h2-13,20-21H,1H3,(H,29,31)(H,30,32)(H,33,34)/t20-,21-/m0/s1. The van der Waals surface area contributed by atoms with Crippen LogP contribution in [0.15, 0.2) is 72.8 Å². The topological polar surface area (TPSA) is 148 Å². The molecular weight excluding hydrogens is 539 g/mol. The van der Waals surface area contributed by atoms with Crippen LogP contribution >= 0.6 is 23.2 Å². The van der Waals surface area contributed by atoms with E-state index in [0.717, 1.165) is 5.56 Å². The smallest absolute Gasteiger partial charge is 0.349 e. The van der Waals surface area contributed by atoms with Crippen LogP contribution < -0.4 is 10.9 Å². The summed E-state index contributed by atoms with van der Waals surface area (Å²) in [7, 11) is 0. The molecule has 2 amide bonds. The normalized spacial score (nSPS) is 12.0. The van der Waals surface area contributed by atoms with Gasteiger partial charge in [-0.05, 0) is 67.6 Å². The molecule has 0 unspecified atom stereocenters. The van der Waals surface area contributed by atoms with Crippen molar-refractivity contribution in [1.82, 2.24) is 10.9 Å². The second kappa shape index (κ2) is 12.7. The molecule has 0 spiro atoms. The Labute approximate surface area is 226 Å². The first kappa shape index (κ1) is 28.2. The zero-order valence-electron chi connectivity index (χ0n) is 19.6. The van der Waals surface area contributed by atoms with E-state index in [1.807, 2.05) is 12.3 Å².